The molecule has 0 aliphatic heterocycles. The topological polar surface area (TPSA) is 46.5 Å². The summed E-state index contributed by atoms with van der Waals surface area (Å²) in [6.07, 6.45) is 11.4. The number of rotatable bonds is 3. The highest BCUT2D eigenvalue weighted by Crippen LogP contribution is 2.25. The number of aliphatic hydroxyl groups excluding tert-OH is 1. The molecule has 3 nitrogen and oxygen atoms in total. The number of carbonyl (C=O) groups is 1. The number of esters is 1. The van der Waals surface area contributed by atoms with Gasteiger partial charge in [-0.05, 0) is 76.4 Å². The van der Waals surface area contributed by atoms with E-state index in [4.69, 9.17) is 4.74 Å². The van der Waals surface area contributed by atoms with Crippen molar-refractivity contribution in [3.8, 4) is 0 Å². The van der Waals surface area contributed by atoms with E-state index in [-0.39, 0.29) is 5.97 Å². The van der Waals surface area contributed by atoms with Crippen molar-refractivity contribution in [1.82, 2.24) is 0 Å². The fourth-order valence-corrected chi connectivity index (χ4v) is 2.94. The van der Waals surface area contributed by atoms with Gasteiger partial charge in [-0.3, -0.25) is 4.79 Å². The molecule has 1 N–H and O–H groups in total. The summed E-state index contributed by atoms with van der Waals surface area (Å²) in [6, 6.07) is 0. The molecule has 140 valence electrons. The summed E-state index contributed by atoms with van der Waals surface area (Å²) in [5, 5.41) is 10.4. The van der Waals surface area contributed by atoms with E-state index < -0.39 is 6.10 Å². The minimum absolute atomic E-state index is 0.269. The smallest absolute Gasteiger partial charge is 0.302 e. The fraction of sp³-hybridized carbons (Fsp3) is 0.591. The lowest BCUT2D eigenvalue weighted by atomic mass is 9.89. The summed E-state index contributed by atoms with van der Waals surface area (Å²) in [4.78, 5) is 11.1. The number of hydrogen-bond acceptors (Lipinski definition) is 3. The quantitative estimate of drug-likeness (QED) is 0.559. The lowest BCUT2D eigenvalue weighted by Crippen LogP contribution is -2.11. The maximum absolute atomic E-state index is 11.1. The summed E-state index contributed by atoms with van der Waals surface area (Å²) in [5.41, 5.74) is 4.66. The minimum atomic E-state index is -0.450. The van der Waals surface area contributed by atoms with Gasteiger partial charge in [0.05, 0.1) is 6.10 Å². The van der Waals surface area contributed by atoms with Crippen molar-refractivity contribution in [2.75, 3.05) is 6.61 Å². The molecule has 0 fully saturated rings. The third-order valence-corrected chi connectivity index (χ3v) is 4.91. The molecule has 0 unspecified atom stereocenters. The monoisotopic (exact) mass is 346 g/mol. The van der Waals surface area contributed by atoms with Crippen LogP contribution in [0.1, 0.15) is 66.2 Å². The molecule has 3 heteroatoms. The first-order valence-corrected chi connectivity index (χ1v) is 9.26. The predicted octanol–water partition coefficient (Wildman–Crippen LogP) is 5.28. The van der Waals surface area contributed by atoms with Crippen LogP contribution in [-0.4, -0.2) is 23.8 Å². The molecule has 0 heterocycles. The van der Waals surface area contributed by atoms with E-state index in [1.165, 1.54) is 18.1 Å². The second kappa shape index (κ2) is 11.1. The Labute approximate surface area is 153 Å². The summed E-state index contributed by atoms with van der Waals surface area (Å²) in [6.45, 7) is 12.1. The van der Waals surface area contributed by atoms with Crippen molar-refractivity contribution < 1.29 is 14.6 Å². The molecular formula is C22H34O3. The summed E-state index contributed by atoms with van der Waals surface area (Å²) in [7, 11) is 0. The molecule has 0 aromatic rings. The first-order valence-electron chi connectivity index (χ1n) is 9.26. The van der Waals surface area contributed by atoms with E-state index in [1.54, 1.807) is 0 Å². The summed E-state index contributed by atoms with van der Waals surface area (Å²) >= 11 is 0. The van der Waals surface area contributed by atoms with Crippen molar-refractivity contribution >= 4 is 5.97 Å². The SMILES string of the molecule is C=C(C)[C@@H]1CC=C(COC(C)=O)CC[C@@H](O)C(C)=CC/C=C(\C)CC1. The van der Waals surface area contributed by atoms with Crippen molar-refractivity contribution in [1.29, 1.82) is 0 Å². The van der Waals surface area contributed by atoms with Crippen LogP contribution in [0.4, 0.5) is 0 Å². The molecule has 0 saturated carbocycles. The van der Waals surface area contributed by atoms with Gasteiger partial charge in [0, 0.05) is 6.92 Å². The van der Waals surface area contributed by atoms with Gasteiger partial charge in [-0.1, -0.05) is 36.0 Å². The molecule has 25 heavy (non-hydrogen) atoms. The standard InChI is InChI=1S/C22H34O3/c1-16(2)21-12-9-17(3)7-6-8-18(4)22(24)14-11-20(10-13-21)15-25-19(5)23/h7-8,10,21-22,24H,1,6,9,11-15H2,2-5H3/b17-7+,18-8?,20-10?/t21-,22+/m0/s1. The molecule has 1 rings (SSSR count). The average Bonchev–Trinajstić information content (AvgIpc) is 2.54. The molecule has 0 radical (unpaired) electrons. The zero-order valence-electron chi connectivity index (χ0n) is 16.3. The van der Waals surface area contributed by atoms with Crippen molar-refractivity contribution in [3.05, 3.63) is 47.1 Å². The third kappa shape index (κ3) is 8.87. The number of ether oxygens (including phenoxy) is 1. The van der Waals surface area contributed by atoms with E-state index in [9.17, 15) is 9.90 Å². The van der Waals surface area contributed by atoms with Gasteiger partial charge in [-0.25, -0.2) is 0 Å². The summed E-state index contributed by atoms with van der Waals surface area (Å²) in [5.74, 6) is 0.162. The Morgan fingerprint density at radius 2 is 1.92 bits per heavy atom. The zero-order valence-corrected chi connectivity index (χ0v) is 16.3. The second-order valence-corrected chi connectivity index (χ2v) is 7.25. The Morgan fingerprint density at radius 1 is 1.20 bits per heavy atom. The Kier molecular flexibility index (Phi) is 9.51. The molecule has 0 spiro atoms. The number of hydrogen-bond donors (Lipinski definition) is 1. The Hall–Kier alpha value is -1.61. The zero-order chi connectivity index (χ0) is 18.8. The molecule has 1 aliphatic rings. The Morgan fingerprint density at radius 3 is 2.56 bits per heavy atom. The van der Waals surface area contributed by atoms with Crippen molar-refractivity contribution in [3.63, 3.8) is 0 Å². The highest BCUT2D eigenvalue weighted by Gasteiger charge is 2.12. The molecule has 0 aromatic carbocycles. The van der Waals surface area contributed by atoms with Gasteiger partial charge in [0.2, 0.25) is 0 Å². The van der Waals surface area contributed by atoms with Crippen LogP contribution in [0.3, 0.4) is 0 Å². The van der Waals surface area contributed by atoms with Gasteiger partial charge in [0.25, 0.3) is 0 Å². The second-order valence-electron chi connectivity index (χ2n) is 7.25. The third-order valence-electron chi connectivity index (χ3n) is 4.91. The fourth-order valence-electron chi connectivity index (χ4n) is 2.94. The Bertz CT molecular complexity index is 552. The van der Waals surface area contributed by atoms with E-state index in [1.807, 2.05) is 6.92 Å². The largest absolute Gasteiger partial charge is 0.461 e. The van der Waals surface area contributed by atoms with Crippen molar-refractivity contribution in [2.24, 2.45) is 5.92 Å². The normalized spacial score (nSPS) is 25.7. The van der Waals surface area contributed by atoms with Crippen LogP contribution in [0.15, 0.2) is 47.1 Å². The van der Waals surface area contributed by atoms with Crippen LogP contribution >= 0.6 is 0 Å². The molecule has 0 bridgehead atoms. The Balaban J connectivity index is 2.96. The van der Waals surface area contributed by atoms with Crippen molar-refractivity contribution in [2.45, 2.75) is 72.3 Å². The predicted molar refractivity (Wildman–Crippen MR) is 104 cm³/mol. The highest BCUT2D eigenvalue weighted by atomic mass is 16.5. The number of carbonyl (C=O) groups excluding carboxylic acids is 1. The van der Waals surface area contributed by atoms with Gasteiger partial charge < -0.3 is 9.84 Å². The van der Waals surface area contributed by atoms with Crippen LogP contribution in [0.5, 0.6) is 0 Å². The summed E-state index contributed by atoms with van der Waals surface area (Å²) < 4.78 is 5.19. The maximum Gasteiger partial charge on any atom is 0.302 e. The molecule has 1 aliphatic carbocycles. The number of aliphatic hydroxyl groups is 1. The van der Waals surface area contributed by atoms with Gasteiger partial charge >= 0.3 is 5.97 Å². The van der Waals surface area contributed by atoms with Crippen LogP contribution in [0.25, 0.3) is 0 Å². The lowest BCUT2D eigenvalue weighted by molar-refractivity contribution is -0.140. The molecule has 0 saturated heterocycles. The van der Waals surface area contributed by atoms with Crippen LogP contribution in [0.2, 0.25) is 0 Å². The molecule has 0 aromatic heterocycles. The highest BCUT2D eigenvalue weighted by molar-refractivity contribution is 5.66. The first-order chi connectivity index (χ1) is 11.8. The first kappa shape index (κ1) is 21.4. The number of allylic oxidation sites excluding steroid dienone is 5. The van der Waals surface area contributed by atoms with Crippen LogP contribution in [0, 0.1) is 5.92 Å². The van der Waals surface area contributed by atoms with Crippen LogP contribution in [-0.2, 0) is 9.53 Å². The minimum Gasteiger partial charge on any atom is -0.461 e. The molecule has 0 amide bonds. The van der Waals surface area contributed by atoms with Crippen LogP contribution < -0.4 is 0 Å². The van der Waals surface area contributed by atoms with Gasteiger partial charge in [-0.2, -0.15) is 0 Å². The van der Waals surface area contributed by atoms with Gasteiger partial charge in [-0.15, -0.1) is 0 Å². The van der Waals surface area contributed by atoms with E-state index in [0.717, 1.165) is 43.3 Å². The molecular weight excluding hydrogens is 312 g/mol. The molecule has 2 atom stereocenters. The van der Waals surface area contributed by atoms with E-state index in [0.29, 0.717) is 18.9 Å². The maximum atomic E-state index is 11.1. The van der Waals surface area contributed by atoms with Gasteiger partial charge in [0.1, 0.15) is 6.61 Å². The van der Waals surface area contributed by atoms with E-state index in [2.05, 4.69) is 38.7 Å². The van der Waals surface area contributed by atoms with E-state index >= 15 is 0 Å². The van der Waals surface area contributed by atoms with Gasteiger partial charge in [0.15, 0.2) is 0 Å². The average molecular weight is 347 g/mol. The lowest BCUT2D eigenvalue weighted by Gasteiger charge is -2.18.